The summed E-state index contributed by atoms with van der Waals surface area (Å²) in [7, 11) is 0. The second kappa shape index (κ2) is 6.33. The number of carbonyl (C=O) groups is 2. The van der Waals surface area contributed by atoms with E-state index in [1.54, 1.807) is 44.2 Å². The minimum atomic E-state index is -1.92. The van der Waals surface area contributed by atoms with Crippen LogP contribution in [0.1, 0.15) is 19.4 Å². The highest BCUT2D eigenvalue weighted by atomic mass is 16.4. The highest BCUT2D eigenvalue weighted by Crippen LogP contribution is 2.27. The third-order valence-corrected chi connectivity index (χ3v) is 3.28. The van der Waals surface area contributed by atoms with Crippen molar-refractivity contribution in [1.29, 1.82) is 0 Å². The molecular formula is C14H19NO4. The molecule has 0 saturated heterocycles. The molecule has 1 aromatic rings. The fourth-order valence-electron chi connectivity index (χ4n) is 2.07. The smallest absolute Gasteiger partial charge is 0.326 e. The average Bonchev–Trinajstić information content (AvgIpc) is 2.42. The normalized spacial score (nSPS) is 13.6. The molecule has 1 rings (SSSR count). The summed E-state index contributed by atoms with van der Waals surface area (Å²) >= 11 is 0. The predicted octanol–water partition coefficient (Wildman–Crippen LogP) is 0.870. The van der Waals surface area contributed by atoms with Gasteiger partial charge in [-0.25, -0.2) is 0 Å². The van der Waals surface area contributed by atoms with Crippen LogP contribution in [-0.4, -0.2) is 46.7 Å². The maximum atomic E-state index is 12.5. The van der Waals surface area contributed by atoms with E-state index in [9.17, 15) is 19.8 Å². The van der Waals surface area contributed by atoms with Crippen molar-refractivity contribution in [2.45, 2.75) is 19.3 Å². The zero-order valence-electron chi connectivity index (χ0n) is 11.2. The molecule has 0 spiro atoms. The summed E-state index contributed by atoms with van der Waals surface area (Å²) in [5.41, 5.74) is -1.63. The predicted molar refractivity (Wildman–Crippen MR) is 70.8 cm³/mol. The molecule has 1 aromatic carbocycles. The fraction of sp³-hybridized carbons (Fsp3) is 0.429. The largest absolute Gasteiger partial charge is 0.480 e. The number of hydrogen-bond acceptors (Lipinski definition) is 3. The molecule has 1 unspecified atom stereocenters. The second-order valence-electron chi connectivity index (χ2n) is 4.21. The lowest BCUT2D eigenvalue weighted by molar-refractivity contribution is -0.156. The molecule has 0 aliphatic carbocycles. The molecular weight excluding hydrogens is 246 g/mol. The Bertz CT molecular complexity index is 442. The van der Waals surface area contributed by atoms with Gasteiger partial charge in [-0.05, 0) is 19.4 Å². The molecule has 0 saturated carbocycles. The fourth-order valence-corrected chi connectivity index (χ4v) is 2.07. The molecule has 104 valence electrons. The van der Waals surface area contributed by atoms with Gasteiger partial charge in [0, 0.05) is 13.1 Å². The first-order valence-corrected chi connectivity index (χ1v) is 6.23. The molecule has 1 amide bonds. The molecule has 0 bridgehead atoms. The number of carbonyl (C=O) groups excluding carboxylic acids is 1. The molecule has 0 fully saturated rings. The van der Waals surface area contributed by atoms with Crippen molar-refractivity contribution in [2.24, 2.45) is 0 Å². The first kappa shape index (κ1) is 15.2. The van der Waals surface area contributed by atoms with Crippen LogP contribution in [0.5, 0.6) is 0 Å². The van der Waals surface area contributed by atoms with Gasteiger partial charge in [0.25, 0.3) is 0 Å². The van der Waals surface area contributed by atoms with Gasteiger partial charge in [-0.1, -0.05) is 30.3 Å². The Morgan fingerprint density at radius 1 is 1.16 bits per heavy atom. The molecule has 0 heterocycles. The van der Waals surface area contributed by atoms with Crippen LogP contribution < -0.4 is 0 Å². The van der Waals surface area contributed by atoms with Crippen LogP contribution in [0.4, 0.5) is 0 Å². The highest BCUT2D eigenvalue weighted by molar-refractivity contribution is 6.08. The quantitative estimate of drug-likeness (QED) is 0.748. The number of hydrogen-bond donors (Lipinski definition) is 2. The minimum absolute atomic E-state index is 0.293. The van der Waals surface area contributed by atoms with E-state index < -0.39 is 23.9 Å². The number of carboxylic acid groups (broad SMARTS) is 1. The number of likely N-dealkylation sites (N-methyl/N-ethyl adjacent to an activating group) is 1. The first-order chi connectivity index (χ1) is 9.04. The van der Waals surface area contributed by atoms with E-state index in [1.165, 1.54) is 4.90 Å². The lowest BCUT2D eigenvalue weighted by Crippen LogP contribution is -2.54. The Labute approximate surface area is 112 Å². The Morgan fingerprint density at radius 2 is 1.68 bits per heavy atom. The zero-order valence-corrected chi connectivity index (χ0v) is 11.2. The van der Waals surface area contributed by atoms with E-state index >= 15 is 0 Å². The van der Waals surface area contributed by atoms with Gasteiger partial charge >= 0.3 is 5.97 Å². The maximum Gasteiger partial charge on any atom is 0.326 e. The maximum absolute atomic E-state index is 12.5. The van der Waals surface area contributed by atoms with Gasteiger partial charge in [-0.15, -0.1) is 0 Å². The van der Waals surface area contributed by atoms with Crippen molar-refractivity contribution in [3.63, 3.8) is 0 Å². The first-order valence-electron chi connectivity index (χ1n) is 6.23. The van der Waals surface area contributed by atoms with Gasteiger partial charge < -0.3 is 15.1 Å². The van der Waals surface area contributed by atoms with Crippen LogP contribution in [-0.2, 0) is 15.0 Å². The van der Waals surface area contributed by atoms with Gasteiger partial charge in [-0.2, -0.15) is 0 Å². The Morgan fingerprint density at radius 3 is 2.05 bits per heavy atom. The van der Waals surface area contributed by atoms with Crippen molar-refractivity contribution < 1.29 is 19.8 Å². The van der Waals surface area contributed by atoms with Crippen LogP contribution in [0, 0.1) is 0 Å². The van der Waals surface area contributed by atoms with Crippen molar-refractivity contribution in [1.82, 2.24) is 4.90 Å². The number of aliphatic hydroxyl groups is 1. The summed E-state index contributed by atoms with van der Waals surface area (Å²) in [4.78, 5) is 25.5. The van der Waals surface area contributed by atoms with Gasteiger partial charge in [0.1, 0.15) is 0 Å². The van der Waals surface area contributed by atoms with Gasteiger partial charge in [0.05, 0.1) is 6.61 Å². The van der Waals surface area contributed by atoms with E-state index in [4.69, 9.17) is 0 Å². The second-order valence-corrected chi connectivity index (χ2v) is 4.21. The molecule has 0 aromatic heterocycles. The molecule has 0 radical (unpaired) electrons. The Hall–Kier alpha value is -1.88. The Balaban J connectivity index is 3.36. The summed E-state index contributed by atoms with van der Waals surface area (Å²) in [6, 6.07) is 8.13. The van der Waals surface area contributed by atoms with Gasteiger partial charge in [0.2, 0.25) is 5.91 Å². The minimum Gasteiger partial charge on any atom is -0.480 e. The number of aliphatic hydroxyl groups excluding tert-OH is 1. The van der Waals surface area contributed by atoms with Crippen LogP contribution in [0.2, 0.25) is 0 Å². The zero-order chi connectivity index (χ0) is 14.5. The number of amides is 1. The van der Waals surface area contributed by atoms with E-state index in [0.717, 1.165) is 0 Å². The lowest BCUT2D eigenvalue weighted by Gasteiger charge is -2.32. The number of nitrogens with zero attached hydrogens (tertiary/aromatic N) is 1. The van der Waals surface area contributed by atoms with Crippen molar-refractivity contribution >= 4 is 11.9 Å². The van der Waals surface area contributed by atoms with E-state index in [1.807, 2.05) is 0 Å². The molecule has 0 aliphatic heterocycles. The number of carboxylic acids is 1. The van der Waals surface area contributed by atoms with Crippen LogP contribution in [0.15, 0.2) is 30.3 Å². The third-order valence-electron chi connectivity index (χ3n) is 3.28. The average molecular weight is 265 g/mol. The SMILES string of the molecule is CCN(CC)C(=O)C(CO)(C(=O)O)c1ccccc1. The summed E-state index contributed by atoms with van der Waals surface area (Å²) in [6.45, 7) is 3.59. The molecule has 19 heavy (non-hydrogen) atoms. The van der Waals surface area contributed by atoms with E-state index in [2.05, 4.69) is 0 Å². The van der Waals surface area contributed by atoms with Crippen LogP contribution in [0.3, 0.4) is 0 Å². The summed E-state index contributed by atoms with van der Waals surface area (Å²) in [5.74, 6) is -1.92. The lowest BCUT2D eigenvalue weighted by atomic mass is 9.79. The van der Waals surface area contributed by atoms with Crippen LogP contribution >= 0.6 is 0 Å². The van der Waals surface area contributed by atoms with Gasteiger partial charge in [0.15, 0.2) is 5.41 Å². The summed E-state index contributed by atoms with van der Waals surface area (Å²) in [6.07, 6.45) is 0. The topological polar surface area (TPSA) is 77.8 Å². The molecule has 5 nitrogen and oxygen atoms in total. The van der Waals surface area contributed by atoms with Crippen LogP contribution in [0.25, 0.3) is 0 Å². The molecule has 5 heteroatoms. The van der Waals surface area contributed by atoms with Crippen molar-refractivity contribution in [3.8, 4) is 0 Å². The van der Waals surface area contributed by atoms with Crippen molar-refractivity contribution in [3.05, 3.63) is 35.9 Å². The highest BCUT2D eigenvalue weighted by Gasteiger charge is 2.49. The Kier molecular flexibility index (Phi) is 5.06. The standard InChI is InChI=1S/C14H19NO4/c1-3-15(4-2)12(17)14(10-16,13(18)19)11-8-6-5-7-9-11/h5-9,16H,3-4,10H2,1-2H3,(H,18,19). The summed E-state index contributed by atoms with van der Waals surface area (Å²) < 4.78 is 0. The summed E-state index contributed by atoms with van der Waals surface area (Å²) in [5, 5.41) is 19.1. The van der Waals surface area contributed by atoms with E-state index in [-0.39, 0.29) is 0 Å². The van der Waals surface area contributed by atoms with Crippen molar-refractivity contribution in [2.75, 3.05) is 19.7 Å². The third kappa shape index (κ3) is 2.61. The molecule has 2 N–H and O–H groups in total. The molecule has 1 atom stereocenters. The van der Waals surface area contributed by atoms with E-state index in [0.29, 0.717) is 18.7 Å². The monoisotopic (exact) mass is 265 g/mol. The number of benzene rings is 1. The molecule has 0 aliphatic rings. The number of aliphatic carboxylic acids is 1. The number of rotatable bonds is 6. The van der Waals surface area contributed by atoms with Gasteiger partial charge in [-0.3, -0.25) is 9.59 Å².